The van der Waals surface area contributed by atoms with E-state index in [0.717, 1.165) is 0 Å². The number of nitrogens with one attached hydrogen (secondary N) is 1. The molecule has 5 nitrogen and oxygen atoms in total. The van der Waals surface area contributed by atoms with Gasteiger partial charge in [0.1, 0.15) is 0 Å². The van der Waals surface area contributed by atoms with Crippen molar-refractivity contribution in [2.45, 2.75) is 17.6 Å². The van der Waals surface area contributed by atoms with E-state index in [-0.39, 0.29) is 13.2 Å². The van der Waals surface area contributed by atoms with Gasteiger partial charge in [-0.05, 0) is 13.8 Å². The predicted octanol–water partition coefficient (Wildman–Crippen LogP) is 2.12. The largest absolute Gasteiger partial charge is 0.465 e. The normalized spacial score (nSPS) is 11.2. The summed E-state index contributed by atoms with van der Waals surface area (Å²) in [6, 6.07) is 0. The lowest BCUT2D eigenvalue weighted by Crippen LogP contribution is -2.40. The molecule has 0 amide bonds. The van der Waals surface area contributed by atoms with Crippen LogP contribution in [0, 0.1) is 11.3 Å². The molecule has 0 aromatic rings. The molecule has 0 unspecified atom stereocenters. The summed E-state index contributed by atoms with van der Waals surface area (Å²) >= 11 is 16.4. The maximum absolute atomic E-state index is 11.5. The lowest BCUT2D eigenvalue weighted by Gasteiger charge is -2.19. The summed E-state index contributed by atoms with van der Waals surface area (Å²) in [5, 5.41) is 7.52. The Hall–Kier alpha value is -0.520. The van der Waals surface area contributed by atoms with Crippen molar-refractivity contribution in [1.29, 1.82) is 5.41 Å². The van der Waals surface area contributed by atoms with Gasteiger partial charge >= 0.3 is 11.9 Å². The van der Waals surface area contributed by atoms with Crippen LogP contribution in [-0.4, -0.2) is 34.7 Å². The summed E-state index contributed by atoms with van der Waals surface area (Å²) in [7, 11) is 0. The van der Waals surface area contributed by atoms with Crippen molar-refractivity contribution in [2.24, 2.45) is 5.92 Å². The van der Waals surface area contributed by atoms with E-state index in [9.17, 15) is 9.59 Å². The maximum Gasteiger partial charge on any atom is 0.326 e. The zero-order valence-corrected chi connectivity index (χ0v) is 11.5. The van der Waals surface area contributed by atoms with E-state index >= 15 is 0 Å². The van der Waals surface area contributed by atoms with Gasteiger partial charge in [-0.25, -0.2) is 0 Å². The summed E-state index contributed by atoms with van der Waals surface area (Å²) < 4.78 is 7.10. The Morgan fingerprint density at radius 1 is 1.12 bits per heavy atom. The van der Waals surface area contributed by atoms with Gasteiger partial charge in [0.15, 0.2) is 5.92 Å². The van der Waals surface area contributed by atoms with Crippen LogP contribution < -0.4 is 0 Å². The average Bonchev–Trinajstić information content (AvgIpc) is 2.17. The molecule has 98 valence electrons. The Balaban J connectivity index is 5.05. The standard InChI is InChI=1S/C9H12Cl3NO4/c1-3-16-7(14)5(8(15)17-4-2)6(13)9(10,11)12/h5,13H,3-4H2,1-2H3. The number of rotatable bonds is 5. The Labute approximate surface area is 114 Å². The zero-order chi connectivity index (χ0) is 13.6. The number of hydrogen-bond donors (Lipinski definition) is 1. The molecule has 0 aromatic carbocycles. The molecule has 0 aliphatic carbocycles. The maximum atomic E-state index is 11.5. The van der Waals surface area contributed by atoms with Gasteiger partial charge in [-0.2, -0.15) is 0 Å². The molecule has 0 atom stereocenters. The first kappa shape index (κ1) is 16.5. The van der Waals surface area contributed by atoms with Crippen LogP contribution in [0.1, 0.15) is 13.8 Å². The number of esters is 2. The molecule has 0 aromatic heterocycles. The van der Waals surface area contributed by atoms with Crippen molar-refractivity contribution >= 4 is 52.5 Å². The molecule has 0 spiro atoms. The molecule has 0 bridgehead atoms. The smallest absolute Gasteiger partial charge is 0.326 e. The highest BCUT2D eigenvalue weighted by Gasteiger charge is 2.43. The SMILES string of the molecule is CCOC(=O)C(C(=N)C(Cl)(Cl)Cl)C(=O)OCC. The third-order valence-corrected chi connectivity index (χ3v) is 2.25. The van der Waals surface area contributed by atoms with Gasteiger partial charge in [-0.3, -0.25) is 9.59 Å². The van der Waals surface area contributed by atoms with Crippen LogP contribution in [-0.2, 0) is 19.1 Å². The fourth-order valence-corrected chi connectivity index (χ4v) is 1.27. The highest BCUT2D eigenvalue weighted by Crippen LogP contribution is 2.31. The highest BCUT2D eigenvalue weighted by atomic mass is 35.6. The van der Waals surface area contributed by atoms with Crippen molar-refractivity contribution in [2.75, 3.05) is 13.2 Å². The van der Waals surface area contributed by atoms with Crippen LogP contribution in [0.25, 0.3) is 0 Å². The summed E-state index contributed by atoms with van der Waals surface area (Å²) in [5.74, 6) is -3.59. The molecule has 0 saturated carbocycles. The first-order chi connectivity index (χ1) is 7.75. The average molecular weight is 305 g/mol. The lowest BCUT2D eigenvalue weighted by atomic mass is 10.1. The van der Waals surface area contributed by atoms with Crippen LogP contribution in [0.2, 0.25) is 0 Å². The molecule has 0 aliphatic heterocycles. The minimum absolute atomic E-state index is 0.0435. The molecular weight excluding hydrogens is 292 g/mol. The molecule has 0 fully saturated rings. The van der Waals surface area contributed by atoms with Crippen LogP contribution in [0.5, 0.6) is 0 Å². The molecule has 0 aliphatic rings. The number of hydrogen-bond acceptors (Lipinski definition) is 5. The van der Waals surface area contributed by atoms with Crippen LogP contribution in [0.15, 0.2) is 0 Å². The summed E-state index contributed by atoms with van der Waals surface area (Å²) in [5.41, 5.74) is -0.695. The van der Waals surface area contributed by atoms with Gasteiger partial charge in [-0.1, -0.05) is 34.8 Å². The second kappa shape index (κ2) is 7.03. The monoisotopic (exact) mass is 303 g/mol. The van der Waals surface area contributed by atoms with Crippen LogP contribution >= 0.6 is 34.8 Å². The number of carbonyl (C=O) groups is 2. The first-order valence-corrected chi connectivity index (χ1v) is 5.87. The van der Waals surface area contributed by atoms with Crippen LogP contribution in [0.3, 0.4) is 0 Å². The molecule has 0 radical (unpaired) electrons. The first-order valence-electron chi connectivity index (χ1n) is 4.74. The quantitative estimate of drug-likeness (QED) is 0.365. The van der Waals surface area contributed by atoms with E-state index in [2.05, 4.69) is 9.47 Å². The Morgan fingerprint density at radius 2 is 1.47 bits per heavy atom. The van der Waals surface area contributed by atoms with E-state index in [4.69, 9.17) is 40.2 Å². The van der Waals surface area contributed by atoms with Crippen molar-refractivity contribution in [3.8, 4) is 0 Å². The molecule has 8 heteroatoms. The lowest BCUT2D eigenvalue weighted by molar-refractivity contribution is -0.157. The Kier molecular flexibility index (Phi) is 6.82. The van der Waals surface area contributed by atoms with Gasteiger partial charge in [0.25, 0.3) is 0 Å². The summed E-state index contributed by atoms with van der Waals surface area (Å²) in [4.78, 5) is 23.0. The van der Waals surface area contributed by atoms with E-state index in [1.165, 1.54) is 0 Å². The third kappa shape index (κ3) is 5.10. The molecule has 17 heavy (non-hydrogen) atoms. The highest BCUT2D eigenvalue weighted by molar-refractivity contribution is 6.77. The molecular formula is C9H12Cl3NO4. The second-order valence-corrected chi connectivity index (χ2v) is 5.13. The van der Waals surface area contributed by atoms with E-state index < -0.39 is 27.4 Å². The molecule has 0 heterocycles. The fourth-order valence-electron chi connectivity index (χ4n) is 0.947. The van der Waals surface area contributed by atoms with Gasteiger partial charge in [0.05, 0.1) is 18.9 Å². The molecule has 1 N–H and O–H groups in total. The minimum Gasteiger partial charge on any atom is -0.465 e. The Bertz CT molecular complexity index is 296. The van der Waals surface area contributed by atoms with Gasteiger partial charge in [0, 0.05) is 0 Å². The fraction of sp³-hybridized carbons (Fsp3) is 0.667. The molecule has 0 saturated heterocycles. The van der Waals surface area contributed by atoms with Gasteiger partial charge in [0.2, 0.25) is 3.79 Å². The number of halogens is 3. The summed E-state index contributed by atoms with van der Waals surface area (Å²) in [6.45, 7) is 3.20. The summed E-state index contributed by atoms with van der Waals surface area (Å²) in [6.07, 6.45) is 0. The van der Waals surface area contributed by atoms with E-state index in [0.29, 0.717) is 0 Å². The number of carbonyl (C=O) groups excluding carboxylic acids is 2. The third-order valence-electron chi connectivity index (χ3n) is 1.64. The van der Waals surface area contributed by atoms with Crippen LogP contribution in [0.4, 0.5) is 0 Å². The van der Waals surface area contributed by atoms with Crippen molar-refractivity contribution < 1.29 is 19.1 Å². The molecule has 0 rings (SSSR count). The number of ether oxygens (including phenoxy) is 2. The second-order valence-electron chi connectivity index (χ2n) is 2.85. The minimum atomic E-state index is -2.16. The van der Waals surface area contributed by atoms with Crippen molar-refractivity contribution in [3.05, 3.63) is 0 Å². The topological polar surface area (TPSA) is 76.5 Å². The Morgan fingerprint density at radius 3 is 1.71 bits per heavy atom. The van der Waals surface area contributed by atoms with Gasteiger partial charge in [-0.15, -0.1) is 0 Å². The van der Waals surface area contributed by atoms with Gasteiger partial charge < -0.3 is 14.9 Å². The number of alkyl halides is 3. The van der Waals surface area contributed by atoms with E-state index in [1.807, 2.05) is 0 Å². The zero-order valence-electron chi connectivity index (χ0n) is 9.26. The van der Waals surface area contributed by atoms with E-state index in [1.54, 1.807) is 13.8 Å². The predicted molar refractivity (Wildman–Crippen MR) is 64.8 cm³/mol. The van der Waals surface area contributed by atoms with Crippen molar-refractivity contribution in [3.63, 3.8) is 0 Å². The van der Waals surface area contributed by atoms with Crippen molar-refractivity contribution in [1.82, 2.24) is 0 Å².